The summed E-state index contributed by atoms with van der Waals surface area (Å²) in [6.07, 6.45) is 6.82. The van der Waals surface area contributed by atoms with E-state index in [0.29, 0.717) is 11.9 Å². The molecule has 1 aliphatic heterocycles. The quantitative estimate of drug-likeness (QED) is 0.779. The molecule has 1 aromatic heterocycles. The Kier molecular flexibility index (Phi) is 4.86. The van der Waals surface area contributed by atoms with E-state index >= 15 is 0 Å². The Hall–Kier alpha value is -1.03. The van der Waals surface area contributed by atoms with Gasteiger partial charge in [-0.3, -0.25) is 9.48 Å². The largest absolute Gasteiger partial charge is 0.336 e. The van der Waals surface area contributed by atoms with Crippen molar-refractivity contribution in [3.63, 3.8) is 0 Å². The monoisotopic (exact) mass is 283 g/mol. The van der Waals surface area contributed by atoms with Gasteiger partial charge in [0.15, 0.2) is 0 Å². The van der Waals surface area contributed by atoms with Crippen LogP contribution in [0, 0.1) is 0 Å². The number of likely N-dealkylation sites (tertiary alicyclic amines) is 1. The lowest BCUT2D eigenvalue weighted by Gasteiger charge is -2.24. The van der Waals surface area contributed by atoms with Crippen molar-refractivity contribution in [3.8, 4) is 0 Å². The van der Waals surface area contributed by atoms with E-state index in [0.717, 1.165) is 49.9 Å². The number of aryl methyl sites for hydroxylation is 2. The molecule has 2 heterocycles. The lowest BCUT2D eigenvalue weighted by molar-refractivity contribution is 0.0729. The number of hydrogen-bond donors (Lipinski definition) is 0. The van der Waals surface area contributed by atoms with Gasteiger partial charge < -0.3 is 4.90 Å². The molecule has 5 heteroatoms. The SMILES string of the molecule is CCc1nn(C)cc1C(=O)N1CCCC1CCCCl. The fourth-order valence-corrected chi connectivity index (χ4v) is 3.00. The number of carbonyl (C=O) groups is 1. The minimum Gasteiger partial charge on any atom is -0.336 e. The van der Waals surface area contributed by atoms with Crippen LogP contribution in [0.3, 0.4) is 0 Å². The van der Waals surface area contributed by atoms with Crippen LogP contribution in [0.15, 0.2) is 6.20 Å². The van der Waals surface area contributed by atoms with Crippen molar-refractivity contribution >= 4 is 17.5 Å². The first-order valence-electron chi connectivity index (χ1n) is 7.06. The number of carbonyl (C=O) groups excluding carboxylic acids is 1. The van der Waals surface area contributed by atoms with Crippen LogP contribution in [-0.2, 0) is 13.5 Å². The van der Waals surface area contributed by atoms with E-state index in [-0.39, 0.29) is 5.91 Å². The average Bonchev–Trinajstić information content (AvgIpc) is 3.01. The number of rotatable bonds is 5. The summed E-state index contributed by atoms with van der Waals surface area (Å²) >= 11 is 5.76. The summed E-state index contributed by atoms with van der Waals surface area (Å²) < 4.78 is 1.73. The summed E-state index contributed by atoms with van der Waals surface area (Å²) in [4.78, 5) is 14.7. The van der Waals surface area contributed by atoms with Gasteiger partial charge in [0.25, 0.3) is 5.91 Å². The second kappa shape index (κ2) is 6.42. The third kappa shape index (κ3) is 3.11. The Morgan fingerprint density at radius 3 is 3.05 bits per heavy atom. The Labute approximate surface area is 119 Å². The van der Waals surface area contributed by atoms with Gasteiger partial charge in [0.2, 0.25) is 0 Å². The van der Waals surface area contributed by atoms with E-state index in [1.54, 1.807) is 4.68 Å². The van der Waals surface area contributed by atoms with Crippen LogP contribution in [0.25, 0.3) is 0 Å². The van der Waals surface area contributed by atoms with Gasteiger partial charge in [0.1, 0.15) is 0 Å². The van der Waals surface area contributed by atoms with Crippen LogP contribution in [0.2, 0.25) is 0 Å². The van der Waals surface area contributed by atoms with Crippen molar-refractivity contribution < 1.29 is 4.79 Å². The van der Waals surface area contributed by atoms with Gasteiger partial charge in [-0.05, 0) is 32.1 Å². The highest BCUT2D eigenvalue weighted by Crippen LogP contribution is 2.24. The van der Waals surface area contributed by atoms with Gasteiger partial charge in [-0.15, -0.1) is 11.6 Å². The summed E-state index contributed by atoms with van der Waals surface area (Å²) in [6.45, 7) is 2.90. The molecular formula is C14H22ClN3O. The van der Waals surface area contributed by atoms with Crippen LogP contribution in [0.1, 0.15) is 48.7 Å². The number of aromatic nitrogens is 2. The number of amides is 1. The Balaban J connectivity index is 2.13. The van der Waals surface area contributed by atoms with Crippen molar-refractivity contribution in [2.75, 3.05) is 12.4 Å². The van der Waals surface area contributed by atoms with Crippen molar-refractivity contribution in [2.24, 2.45) is 7.05 Å². The van der Waals surface area contributed by atoms with Gasteiger partial charge in [-0.1, -0.05) is 6.92 Å². The summed E-state index contributed by atoms with van der Waals surface area (Å²) in [6, 6.07) is 0.358. The molecule has 1 aliphatic rings. The van der Waals surface area contributed by atoms with Gasteiger partial charge in [0.05, 0.1) is 11.3 Å². The Morgan fingerprint density at radius 2 is 2.37 bits per heavy atom. The zero-order valence-corrected chi connectivity index (χ0v) is 12.5. The predicted molar refractivity (Wildman–Crippen MR) is 76.6 cm³/mol. The number of hydrogen-bond acceptors (Lipinski definition) is 2. The van der Waals surface area contributed by atoms with Crippen LogP contribution >= 0.6 is 11.6 Å². The van der Waals surface area contributed by atoms with E-state index in [2.05, 4.69) is 5.10 Å². The molecule has 1 atom stereocenters. The van der Waals surface area contributed by atoms with Gasteiger partial charge in [0, 0.05) is 31.7 Å². The lowest BCUT2D eigenvalue weighted by Crippen LogP contribution is -2.35. The van der Waals surface area contributed by atoms with Crippen molar-refractivity contribution in [2.45, 2.75) is 45.1 Å². The second-order valence-corrected chi connectivity index (χ2v) is 5.52. The minimum absolute atomic E-state index is 0.141. The fourth-order valence-electron chi connectivity index (χ4n) is 2.84. The molecule has 0 aromatic carbocycles. The summed E-state index contributed by atoms with van der Waals surface area (Å²) in [7, 11) is 1.87. The van der Waals surface area contributed by atoms with Crippen LogP contribution in [0.4, 0.5) is 0 Å². The van der Waals surface area contributed by atoms with Gasteiger partial charge >= 0.3 is 0 Å². The van der Waals surface area contributed by atoms with Crippen molar-refractivity contribution in [3.05, 3.63) is 17.5 Å². The van der Waals surface area contributed by atoms with E-state index in [4.69, 9.17) is 11.6 Å². The van der Waals surface area contributed by atoms with E-state index in [9.17, 15) is 4.79 Å². The first-order valence-corrected chi connectivity index (χ1v) is 7.60. The molecule has 0 saturated carbocycles. The number of halogens is 1. The summed E-state index contributed by atoms with van der Waals surface area (Å²) in [5, 5.41) is 4.36. The highest BCUT2D eigenvalue weighted by molar-refractivity contribution is 6.17. The fraction of sp³-hybridized carbons (Fsp3) is 0.714. The maximum Gasteiger partial charge on any atom is 0.257 e. The normalized spacial score (nSPS) is 19.1. The first kappa shape index (κ1) is 14.4. The van der Waals surface area contributed by atoms with Crippen LogP contribution in [0.5, 0.6) is 0 Å². The average molecular weight is 284 g/mol. The summed E-state index contributed by atoms with van der Waals surface area (Å²) in [5.74, 6) is 0.813. The molecule has 0 radical (unpaired) electrons. The predicted octanol–water partition coefficient (Wildman–Crippen LogP) is 2.61. The zero-order chi connectivity index (χ0) is 13.8. The van der Waals surface area contributed by atoms with Crippen LogP contribution in [-0.4, -0.2) is 39.1 Å². The molecule has 4 nitrogen and oxygen atoms in total. The minimum atomic E-state index is 0.141. The van der Waals surface area contributed by atoms with Gasteiger partial charge in [-0.25, -0.2) is 0 Å². The molecule has 2 rings (SSSR count). The maximum atomic E-state index is 12.7. The van der Waals surface area contributed by atoms with Gasteiger partial charge in [-0.2, -0.15) is 5.10 Å². The third-order valence-electron chi connectivity index (χ3n) is 3.78. The highest BCUT2D eigenvalue weighted by Gasteiger charge is 2.30. The molecule has 1 unspecified atom stereocenters. The maximum absolute atomic E-state index is 12.7. The molecular weight excluding hydrogens is 262 g/mol. The molecule has 0 N–H and O–H groups in total. The Bertz CT molecular complexity index is 444. The molecule has 106 valence electrons. The smallest absolute Gasteiger partial charge is 0.257 e. The topological polar surface area (TPSA) is 38.1 Å². The van der Waals surface area contributed by atoms with E-state index in [1.165, 1.54) is 0 Å². The summed E-state index contributed by atoms with van der Waals surface area (Å²) in [5.41, 5.74) is 1.67. The molecule has 0 spiro atoms. The number of nitrogens with zero attached hydrogens (tertiary/aromatic N) is 3. The van der Waals surface area contributed by atoms with Crippen LogP contribution < -0.4 is 0 Å². The van der Waals surface area contributed by atoms with E-state index in [1.807, 2.05) is 25.1 Å². The Morgan fingerprint density at radius 1 is 1.58 bits per heavy atom. The molecule has 1 aromatic rings. The molecule has 19 heavy (non-hydrogen) atoms. The highest BCUT2D eigenvalue weighted by atomic mass is 35.5. The molecule has 0 aliphatic carbocycles. The first-order chi connectivity index (χ1) is 9.17. The lowest BCUT2D eigenvalue weighted by atomic mass is 10.1. The molecule has 1 fully saturated rings. The van der Waals surface area contributed by atoms with Crippen molar-refractivity contribution in [1.29, 1.82) is 0 Å². The number of alkyl halides is 1. The van der Waals surface area contributed by atoms with Crippen molar-refractivity contribution in [1.82, 2.24) is 14.7 Å². The molecule has 1 saturated heterocycles. The molecule has 1 amide bonds. The molecule has 0 bridgehead atoms. The van der Waals surface area contributed by atoms with E-state index < -0.39 is 0 Å². The zero-order valence-electron chi connectivity index (χ0n) is 11.7. The second-order valence-electron chi connectivity index (χ2n) is 5.14. The standard InChI is InChI=1S/C14H22ClN3O/c1-3-13-12(10-17(2)16-13)14(19)18-9-5-7-11(18)6-4-8-15/h10-11H,3-9H2,1-2H3. The third-order valence-corrected chi connectivity index (χ3v) is 4.05.